The number of halogens is 1. The molecule has 134 valence electrons. The number of carbonyl (C=O) groups excluding carboxylic acids is 2. The highest BCUT2D eigenvalue weighted by Gasteiger charge is 2.47. The Kier molecular flexibility index (Phi) is 4.38. The van der Waals surface area contributed by atoms with E-state index in [1.54, 1.807) is 12.1 Å². The van der Waals surface area contributed by atoms with Crippen LogP contribution in [0, 0.1) is 5.82 Å². The summed E-state index contributed by atoms with van der Waals surface area (Å²) < 4.78 is 14.0. The Balaban J connectivity index is 1.46. The van der Waals surface area contributed by atoms with Gasteiger partial charge >= 0.3 is 0 Å². The summed E-state index contributed by atoms with van der Waals surface area (Å²) in [7, 11) is 0. The van der Waals surface area contributed by atoms with Crippen LogP contribution in [0.4, 0.5) is 15.9 Å². The first-order chi connectivity index (χ1) is 12.6. The third kappa shape index (κ3) is 2.94. The van der Waals surface area contributed by atoms with Crippen molar-refractivity contribution >= 4 is 23.3 Å². The summed E-state index contributed by atoms with van der Waals surface area (Å²) in [5.74, 6) is -0.117. The minimum atomic E-state index is -0.547. The van der Waals surface area contributed by atoms with Gasteiger partial charge in [0.05, 0.1) is 18.3 Å². The zero-order chi connectivity index (χ0) is 18.1. The van der Waals surface area contributed by atoms with Gasteiger partial charge in [0.2, 0.25) is 5.91 Å². The predicted octanol–water partition coefficient (Wildman–Crippen LogP) is -0.323. The first-order valence-electron chi connectivity index (χ1n) is 8.83. The van der Waals surface area contributed by atoms with Crippen LogP contribution in [-0.4, -0.2) is 44.0 Å². The Bertz CT molecular complexity index is 821. The van der Waals surface area contributed by atoms with Gasteiger partial charge in [-0.2, -0.15) is 0 Å². The number of amides is 2. The zero-order valence-corrected chi connectivity index (χ0v) is 14.3. The van der Waals surface area contributed by atoms with E-state index in [1.807, 2.05) is 24.4 Å². The number of anilines is 2. The van der Waals surface area contributed by atoms with Crippen molar-refractivity contribution < 1.29 is 23.9 Å². The van der Waals surface area contributed by atoms with Gasteiger partial charge < -0.3 is 4.90 Å². The van der Waals surface area contributed by atoms with E-state index >= 15 is 0 Å². The number of pyridine rings is 1. The maximum absolute atomic E-state index is 14.0. The van der Waals surface area contributed by atoms with E-state index in [2.05, 4.69) is 9.88 Å². The average Bonchev–Trinajstić information content (AvgIpc) is 2.97. The van der Waals surface area contributed by atoms with Crippen LogP contribution in [0.1, 0.15) is 6.42 Å². The number of hydrogen-bond acceptors (Lipinski definition) is 3. The van der Waals surface area contributed by atoms with Crippen molar-refractivity contribution in [3.05, 3.63) is 54.5 Å². The van der Waals surface area contributed by atoms with Crippen molar-refractivity contribution in [1.82, 2.24) is 0 Å². The number of para-hydroxylation sites is 1. The van der Waals surface area contributed by atoms with Crippen molar-refractivity contribution in [3.63, 3.8) is 0 Å². The molecular weight excluding hydrogens is 335 g/mol. The molecule has 2 aliphatic heterocycles. The van der Waals surface area contributed by atoms with Crippen molar-refractivity contribution in [2.24, 2.45) is 0 Å². The van der Waals surface area contributed by atoms with Crippen molar-refractivity contribution in [2.75, 3.05) is 36.0 Å². The average molecular weight is 356 g/mol. The van der Waals surface area contributed by atoms with Crippen LogP contribution in [-0.2, 0) is 9.59 Å². The molecule has 2 N–H and O–H groups in total. The molecular formula is C19H21FN4O2+2. The van der Waals surface area contributed by atoms with E-state index < -0.39 is 11.9 Å². The highest BCUT2D eigenvalue weighted by Crippen LogP contribution is 2.24. The standard InChI is InChI=1S/C19H19FN4O2/c20-14-5-1-2-6-15(14)24-18(25)13-16(19(24)26)22-9-11-23(12-10-22)17-7-3-4-8-21-17/h1-8,16H,9-13H2/p+2/t16-/m0/s1. The molecule has 4 rings (SSSR count). The van der Waals surface area contributed by atoms with Gasteiger partial charge in [0.15, 0.2) is 6.04 Å². The summed E-state index contributed by atoms with van der Waals surface area (Å²) in [6.07, 6.45) is 2.03. The highest BCUT2D eigenvalue weighted by molar-refractivity contribution is 6.21. The number of hydrogen-bond donors (Lipinski definition) is 1. The van der Waals surface area contributed by atoms with E-state index in [9.17, 15) is 14.0 Å². The van der Waals surface area contributed by atoms with E-state index in [1.165, 1.54) is 12.1 Å². The van der Waals surface area contributed by atoms with Gasteiger partial charge in [-0.25, -0.2) is 14.3 Å². The number of carbonyl (C=O) groups is 2. The summed E-state index contributed by atoms with van der Waals surface area (Å²) >= 11 is 0. The van der Waals surface area contributed by atoms with Gasteiger partial charge in [-0.3, -0.25) is 14.5 Å². The predicted molar refractivity (Wildman–Crippen MR) is 93.2 cm³/mol. The number of rotatable bonds is 3. The summed E-state index contributed by atoms with van der Waals surface area (Å²) in [5, 5.41) is 0. The van der Waals surface area contributed by atoms with Crippen LogP contribution >= 0.6 is 0 Å². The molecule has 2 amide bonds. The molecule has 2 aliphatic rings. The Morgan fingerprint density at radius 3 is 2.46 bits per heavy atom. The molecule has 26 heavy (non-hydrogen) atoms. The molecule has 0 bridgehead atoms. The normalized spacial score (nSPS) is 21.5. The second-order valence-corrected chi connectivity index (χ2v) is 6.67. The number of H-pyrrole nitrogens is 1. The van der Waals surface area contributed by atoms with Gasteiger partial charge in [-0.05, 0) is 18.2 Å². The van der Waals surface area contributed by atoms with Crippen LogP contribution in [0.25, 0.3) is 0 Å². The topological polar surface area (TPSA) is 59.2 Å². The van der Waals surface area contributed by atoms with Crippen LogP contribution in [0.5, 0.6) is 0 Å². The molecule has 2 aromatic rings. The molecule has 0 unspecified atom stereocenters. The van der Waals surface area contributed by atoms with Gasteiger partial charge in [0.1, 0.15) is 32.0 Å². The third-order valence-electron chi connectivity index (χ3n) is 5.17. The summed E-state index contributed by atoms with van der Waals surface area (Å²) in [5.41, 5.74) is 0.0573. The molecule has 1 aromatic carbocycles. The number of benzene rings is 1. The number of quaternary nitrogens is 1. The lowest BCUT2D eigenvalue weighted by molar-refractivity contribution is -0.915. The van der Waals surface area contributed by atoms with Gasteiger partial charge in [0.25, 0.3) is 11.7 Å². The molecule has 2 saturated heterocycles. The van der Waals surface area contributed by atoms with E-state index in [0.717, 1.165) is 41.8 Å². The molecule has 1 atom stereocenters. The summed E-state index contributed by atoms with van der Waals surface area (Å²) in [4.78, 5) is 32.8. The Morgan fingerprint density at radius 2 is 1.77 bits per heavy atom. The van der Waals surface area contributed by atoms with Crippen LogP contribution < -0.4 is 19.7 Å². The third-order valence-corrected chi connectivity index (χ3v) is 5.17. The van der Waals surface area contributed by atoms with Crippen LogP contribution in [0.15, 0.2) is 48.7 Å². The number of nitrogens with one attached hydrogen (secondary N) is 2. The smallest absolute Gasteiger partial charge is 0.292 e. The number of imide groups is 1. The van der Waals surface area contributed by atoms with Crippen LogP contribution in [0.3, 0.4) is 0 Å². The quantitative estimate of drug-likeness (QED) is 0.767. The monoisotopic (exact) mass is 356 g/mol. The SMILES string of the molecule is O=C1C[C@H]([NH+]2CCN(c3cccc[nH+]3)CC2)C(=O)N1c1ccccc1F. The van der Waals surface area contributed by atoms with Crippen molar-refractivity contribution in [2.45, 2.75) is 12.5 Å². The summed E-state index contributed by atoms with van der Waals surface area (Å²) in [6.45, 7) is 3.12. The maximum Gasteiger partial charge on any atom is 0.292 e. The highest BCUT2D eigenvalue weighted by atomic mass is 19.1. The lowest BCUT2D eigenvalue weighted by atomic mass is 10.1. The van der Waals surface area contributed by atoms with Gasteiger partial charge in [-0.1, -0.05) is 18.2 Å². The lowest BCUT2D eigenvalue weighted by Crippen LogP contribution is -3.19. The van der Waals surface area contributed by atoms with Crippen molar-refractivity contribution in [3.8, 4) is 0 Å². The molecule has 6 nitrogen and oxygen atoms in total. The summed E-state index contributed by atoms with van der Waals surface area (Å²) in [6, 6.07) is 11.4. The number of aromatic amines is 1. The van der Waals surface area contributed by atoms with Gasteiger partial charge in [-0.15, -0.1) is 0 Å². The molecule has 2 fully saturated rings. The van der Waals surface area contributed by atoms with E-state index in [-0.39, 0.29) is 23.9 Å². The first kappa shape index (κ1) is 16.7. The number of nitrogens with zero attached hydrogens (tertiary/aromatic N) is 2. The minimum Gasteiger partial charge on any atom is -0.318 e. The molecule has 1 aromatic heterocycles. The number of aromatic nitrogens is 1. The molecule has 0 radical (unpaired) electrons. The zero-order valence-electron chi connectivity index (χ0n) is 14.3. The minimum absolute atomic E-state index is 0.0573. The Morgan fingerprint density at radius 1 is 1.04 bits per heavy atom. The van der Waals surface area contributed by atoms with Crippen molar-refractivity contribution in [1.29, 1.82) is 0 Å². The Labute approximate surface area is 150 Å². The van der Waals surface area contributed by atoms with E-state index in [0.29, 0.717) is 0 Å². The Hall–Kier alpha value is -2.80. The first-order valence-corrected chi connectivity index (χ1v) is 8.83. The molecule has 7 heteroatoms. The lowest BCUT2D eigenvalue weighted by Gasteiger charge is -2.31. The second kappa shape index (κ2) is 6.84. The fourth-order valence-electron chi connectivity index (χ4n) is 3.80. The molecule has 0 saturated carbocycles. The number of piperazine rings is 1. The molecule has 0 aliphatic carbocycles. The molecule has 3 heterocycles. The largest absolute Gasteiger partial charge is 0.318 e. The van der Waals surface area contributed by atoms with Crippen LogP contribution in [0.2, 0.25) is 0 Å². The fraction of sp³-hybridized carbons (Fsp3) is 0.316. The van der Waals surface area contributed by atoms with Gasteiger partial charge in [0, 0.05) is 6.07 Å². The second-order valence-electron chi connectivity index (χ2n) is 6.67. The van der Waals surface area contributed by atoms with E-state index in [4.69, 9.17) is 0 Å². The fourth-order valence-corrected chi connectivity index (χ4v) is 3.80. The molecule has 0 spiro atoms. The maximum atomic E-state index is 14.0.